The number of carbonyl (C=O) groups is 1. The Morgan fingerprint density at radius 3 is 3.06 bits per heavy atom. The van der Waals surface area contributed by atoms with Crippen LogP contribution in [0.2, 0.25) is 0 Å². The molecular weight excluding hydrogens is 290 g/mol. The van der Waals surface area contributed by atoms with Gasteiger partial charge in [0.1, 0.15) is 0 Å². The van der Waals surface area contributed by atoms with Crippen LogP contribution in [0.4, 0.5) is 0 Å². The summed E-state index contributed by atoms with van der Waals surface area (Å²) in [6.45, 7) is 3.58. The Balaban J connectivity index is 2.08. The normalized spacial score (nSPS) is 10.4. The number of nitrogens with one attached hydrogen (secondary N) is 1. The van der Waals surface area contributed by atoms with Crippen molar-refractivity contribution in [2.75, 3.05) is 13.2 Å². The van der Waals surface area contributed by atoms with Crippen LogP contribution in [0.25, 0.3) is 0 Å². The van der Waals surface area contributed by atoms with Crippen LogP contribution in [0.3, 0.4) is 0 Å². The summed E-state index contributed by atoms with van der Waals surface area (Å²) in [5.41, 5.74) is 0. The predicted molar refractivity (Wildman–Crippen MR) is 69.6 cm³/mol. The van der Waals surface area contributed by atoms with Gasteiger partial charge in [-0.1, -0.05) is 13.3 Å². The highest BCUT2D eigenvalue weighted by atomic mass is 79.9. The van der Waals surface area contributed by atoms with Crippen molar-refractivity contribution in [2.45, 2.75) is 26.3 Å². The fourth-order valence-corrected chi connectivity index (χ4v) is 2.54. The third-order valence-electron chi connectivity index (χ3n) is 1.95. The average Bonchev–Trinajstić information content (AvgIpc) is 2.65. The fourth-order valence-electron chi connectivity index (χ4n) is 1.12. The number of thiophene rings is 1. The van der Waals surface area contributed by atoms with Gasteiger partial charge in [0.15, 0.2) is 0 Å². The Kier molecular flexibility index (Phi) is 6.68. The molecule has 0 unspecified atom stereocenters. The van der Waals surface area contributed by atoms with Gasteiger partial charge in [-0.05, 0) is 28.4 Å². The molecule has 16 heavy (non-hydrogen) atoms. The van der Waals surface area contributed by atoms with Crippen molar-refractivity contribution in [1.29, 1.82) is 0 Å². The molecule has 1 heterocycles. The Labute approximate surface area is 108 Å². The van der Waals surface area contributed by atoms with E-state index in [4.69, 9.17) is 4.74 Å². The Hall–Kier alpha value is -0.390. The second-order valence-corrected chi connectivity index (χ2v) is 5.32. The summed E-state index contributed by atoms with van der Waals surface area (Å²) in [5.74, 6) is -0.177. The smallest absolute Gasteiger partial charge is 0.319 e. The van der Waals surface area contributed by atoms with E-state index in [1.807, 2.05) is 11.4 Å². The van der Waals surface area contributed by atoms with Gasteiger partial charge in [-0.2, -0.15) is 0 Å². The van der Waals surface area contributed by atoms with Crippen LogP contribution < -0.4 is 5.32 Å². The monoisotopic (exact) mass is 305 g/mol. The van der Waals surface area contributed by atoms with Gasteiger partial charge in [0.2, 0.25) is 0 Å². The fraction of sp³-hybridized carbons (Fsp3) is 0.545. The lowest BCUT2D eigenvalue weighted by Crippen LogP contribution is -2.24. The second-order valence-electron chi connectivity index (χ2n) is 3.41. The summed E-state index contributed by atoms with van der Waals surface area (Å²) in [7, 11) is 0. The lowest BCUT2D eigenvalue weighted by molar-refractivity contribution is -0.142. The Morgan fingerprint density at radius 1 is 1.62 bits per heavy atom. The first-order valence-corrected chi connectivity index (χ1v) is 6.99. The zero-order valence-electron chi connectivity index (χ0n) is 9.29. The third kappa shape index (κ3) is 5.63. The molecule has 3 nitrogen and oxygen atoms in total. The number of unbranched alkanes of at least 4 members (excludes halogenated alkanes) is 1. The highest BCUT2D eigenvalue weighted by Crippen LogP contribution is 2.19. The van der Waals surface area contributed by atoms with Gasteiger partial charge in [0, 0.05) is 21.3 Å². The van der Waals surface area contributed by atoms with E-state index in [9.17, 15) is 4.79 Å². The van der Waals surface area contributed by atoms with Crippen LogP contribution in [0.1, 0.15) is 24.6 Å². The van der Waals surface area contributed by atoms with E-state index in [2.05, 4.69) is 28.2 Å². The van der Waals surface area contributed by atoms with E-state index in [0.29, 0.717) is 13.2 Å². The van der Waals surface area contributed by atoms with Crippen LogP contribution in [0, 0.1) is 0 Å². The molecule has 0 saturated carbocycles. The molecule has 0 aliphatic heterocycles. The number of halogens is 1. The zero-order valence-corrected chi connectivity index (χ0v) is 11.7. The van der Waals surface area contributed by atoms with E-state index >= 15 is 0 Å². The highest BCUT2D eigenvalue weighted by Gasteiger charge is 2.02. The first-order chi connectivity index (χ1) is 7.72. The van der Waals surface area contributed by atoms with Crippen LogP contribution in [-0.2, 0) is 16.1 Å². The number of carbonyl (C=O) groups excluding carboxylic acids is 1. The molecule has 0 aliphatic rings. The molecule has 5 heteroatoms. The van der Waals surface area contributed by atoms with Crippen LogP contribution in [0.15, 0.2) is 15.9 Å². The molecule has 0 atom stereocenters. The molecule has 0 aliphatic carbocycles. The number of ether oxygens (including phenoxy) is 1. The van der Waals surface area contributed by atoms with Gasteiger partial charge in [-0.3, -0.25) is 4.79 Å². The minimum Gasteiger partial charge on any atom is -0.465 e. The summed E-state index contributed by atoms with van der Waals surface area (Å²) in [5, 5.41) is 5.08. The average molecular weight is 306 g/mol. The SMILES string of the molecule is CCCCOC(=O)CNCc1cc(Br)cs1. The van der Waals surface area contributed by atoms with Gasteiger partial charge < -0.3 is 10.1 Å². The van der Waals surface area contributed by atoms with Crippen molar-refractivity contribution in [3.05, 3.63) is 20.8 Å². The van der Waals surface area contributed by atoms with Gasteiger partial charge in [0.05, 0.1) is 13.2 Å². The van der Waals surface area contributed by atoms with Gasteiger partial charge in [-0.15, -0.1) is 11.3 Å². The molecule has 1 aromatic heterocycles. The Morgan fingerprint density at radius 2 is 2.44 bits per heavy atom. The number of hydrogen-bond donors (Lipinski definition) is 1. The summed E-state index contributed by atoms with van der Waals surface area (Å²) in [6, 6.07) is 2.04. The minimum absolute atomic E-state index is 0.177. The molecule has 1 aromatic rings. The van der Waals surface area contributed by atoms with Crippen LogP contribution in [-0.4, -0.2) is 19.1 Å². The summed E-state index contributed by atoms with van der Waals surface area (Å²) in [4.78, 5) is 12.4. The largest absolute Gasteiger partial charge is 0.465 e. The molecule has 0 amide bonds. The topological polar surface area (TPSA) is 38.3 Å². The maximum absolute atomic E-state index is 11.2. The third-order valence-corrected chi connectivity index (χ3v) is 3.65. The molecule has 0 aromatic carbocycles. The van der Waals surface area contributed by atoms with Crippen molar-refractivity contribution < 1.29 is 9.53 Å². The summed E-state index contributed by atoms with van der Waals surface area (Å²) >= 11 is 5.05. The minimum atomic E-state index is -0.177. The molecule has 90 valence electrons. The van der Waals surface area contributed by atoms with Gasteiger partial charge >= 0.3 is 5.97 Å². The molecule has 0 bridgehead atoms. The second kappa shape index (κ2) is 7.81. The first-order valence-electron chi connectivity index (χ1n) is 5.31. The van der Waals surface area contributed by atoms with E-state index < -0.39 is 0 Å². The van der Waals surface area contributed by atoms with Crippen LogP contribution in [0.5, 0.6) is 0 Å². The van der Waals surface area contributed by atoms with Crippen molar-refractivity contribution in [3.8, 4) is 0 Å². The zero-order chi connectivity index (χ0) is 11.8. The highest BCUT2D eigenvalue weighted by molar-refractivity contribution is 9.10. The lowest BCUT2D eigenvalue weighted by Gasteiger charge is -2.04. The first kappa shape index (κ1) is 13.7. The molecule has 0 fully saturated rings. The summed E-state index contributed by atoms with van der Waals surface area (Å²) in [6.07, 6.45) is 1.98. The van der Waals surface area contributed by atoms with Crippen molar-refractivity contribution in [2.24, 2.45) is 0 Å². The molecule has 1 rings (SSSR count). The number of esters is 1. The number of rotatable bonds is 7. The van der Waals surface area contributed by atoms with E-state index in [0.717, 1.165) is 17.3 Å². The van der Waals surface area contributed by atoms with Gasteiger partial charge in [-0.25, -0.2) is 0 Å². The summed E-state index contributed by atoms with van der Waals surface area (Å²) < 4.78 is 6.10. The molecule has 0 spiro atoms. The lowest BCUT2D eigenvalue weighted by atomic mass is 10.4. The standard InChI is InChI=1S/C11H16BrNO2S/c1-2-3-4-15-11(14)7-13-6-10-5-9(12)8-16-10/h5,8,13H,2-4,6-7H2,1H3. The maximum atomic E-state index is 11.2. The molecule has 0 saturated heterocycles. The van der Waals surface area contributed by atoms with Gasteiger partial charge in [0.25, 0.3) is 0 Å². The molecule has 0 radical (unpaired) electrons. The Bertz CT molecular complexity index is 328. The van der Waals surface area contributed by atoms with E-state index in [1.165, 1.54) is 4.88 Å². The molecular formula is C11H16BrNO2S. The predicted octanol–water partition coefficient (Wildman–Crippen LogP) is 2.94. The van der Waals surface area contributed by atoms with E-state index in [1.54, 1.807) is 11.3 Å². The maximum Gasteiger partial charge on any atom is 0.319 e. The van der Waals surface area contributed by atoms with Crippen molar-refractivity contribution in [3.63, 3.8) is 0 Å². The van der Waals surface area contributed by atoms with Crippen LogP contribution >= 0.6 is 27.3 Å². The van der Waals surface area contributed by atoms with Crippen molar-refractivity contribution >= 4 is 33.2 Å². The van der Waals surface area contributed by atoms with Crippen molar-refractivity contribution in [1.82, 2.24) is 5.32 Å². The number of hydrogen-bond acceptors (Lipinski definition) is 4. The van der Waals surface area contributed by atoms with E-state index in [-0.39, 0.29) is 12.5 Å². The molecule has 1 N–H and O–H groups in total. The quantitative estimate of drug-likeness (QED) is 0.622.